The molecule has 142 valence electrons. The highest BCUT2D eigenvalue weighted by atomic mass is 16.5. The van der Waals surface area contributed by atoms with Crippen molar-refractivity contribution in [1.82, 2.24) is 20.2 Å². The molecule has 2 aromatic rings. The van der Waals surface area contributed by atoms with E-state index in [2.05, 4.69) is 20.0 Å². The van der Waals surface area contributed by atoms with Crippen molar-refractivity contribution in [3.8, 4) is 5.75 Å². The number of ether oxygens (including phenoxy) is 2. The molecule has 1 aromatic carbocycles. The van der Waals surface area contributed by atoms with Crippen molar-refractivity contribution in [3.63, 3.8) is 0 Å². The lowest BCUT2D eigenvalue weighted by molar-refractivity contribution is -0.133. The Labute approximate surface area is 157 Å². The molecule has 2 heterocycles. The summed E-state index contributed by atoms with van der Waals surface area (Å²) in [6, 6.07) is 7.09. The third-order valence-corrected chi connectivity index (χ3v) is 4.43. The molecule has 0 fully saturated rings. The first-order chi connectivity index (χ1) is 13.0. The van der Waals surface area contributed by atoms with E-state index in [0.29, 0.717) is 25.3 Å². The molecule has 0 unspecified atom stereocenters. The molecule has 3 rings (SSSR count). The van der Waals surface area contributed by atoms with Gasteiger partial charge in [0.05, 0.1) is 26.5 Å². The van der Waals surface area contributed by atoms with E-state index in [1.165, 1.54) is 7.11 Å². The lowest BCUT2D eigenvalue weighted by Crippen LogP contribution is -2.45. The molecule has 2 amide bonds. The molecule has 0 radical (unpaired) electrons. The second kappa shape index (κ2) is 8.03. The van der Waals surface area contributed by atoms with Crippen molar-refractivity contribution in [3.05, 3.63) is 53.1 Å². The van der Waals surface area contributed by atoms with Gasteiger partial charge in [0.2, 0.25) is 5.91 Å². The van der Waals surface area contributed by atoms with Gasteiger partial charge in [0.1, 0.15) is 17.6 Å². The molecule has 8 heteroatoms. The van der Waals surface area contributed by atoms with Crippen LogP contribution >= 0.6 is 0 Å². The van der Waals surface area contributed by atoms with E-state index >= 15 is 0 Å². The van der Waals surface area contributed by atoms with Gasteiger partial charge in [-0.25, -0.2) is 14.8 Å². The molecule has 1 aromatic heterocycles. The van der Waals surface area contributed by atoms with Gasteiger partial charge >= 0.3 is 6.09 Å². The summed E-state index contributed by atoms with van der Waals surface area (Å²) in [5, 5.41) is 2.49. The fourth-order valence-electron chi connectivity index (χ4n) is 2.93. The van der Waals surface area contributed by atoms with Crippen LogP contribution in [0.1, 0.15) is 29.6 Å². The smallest absolute Gasteiger partial charge is 0.407 e. The molecule has 1 aliphatic heterocycles. The minimum absolute atomic E-state index is 0.185. The van der Waals surface area contributed by atoms with Gasteiger partial charge in [0.15, 0.2) is 0 Å². The third kappa shape index (κ3) is 4.33. The number of hydrogen-bond acceptors (Lipinski definition) is 6. The van der Waals surface area contributed by atoms with E-state index in [0.717, 1.165) is 22.6 Å². The Balaban J connectivity index is 1.65. The van der Waals surface area contributed by atoms with Crippen molar-refractivity contribution < 1.29 is 19.1 Å². The van der Waals surface area contributed by atoms with E-state index in [1.807, 2.05) is 24.3 Å². The zero-order chi connectivity index (χ0) is 19.4. The first-order valence-corrected chi connectivity index (χ1v) is 8.60. The lowest BCUT2D eigenvalue weighted by Gasteiger charge is -2.20. The summed E-state index contributed by atoms with van der Waals surface area (Å²) < 4.78 is 9.69. The standard InChI is InChI=1S/C19H22N4O4/c1-12(21-19(25)27-3)18(24)23-10-14-9-20-17(22-16(14)11-23)8-13-4-6-15(26-2)7-5-13/h4-7,9,12H,8,10-11H2,1-3H3,(H,21,25)/t12-/m0/s1. The number of rotatable bonds is 5. The molecule has 0 saturated heterocycles. The summed E-state index contributed by atoms with van der Waals surface area (Å²) >= 11 is 0. The Bertz CT molecular complexity index is 838. The molecule has 1 aliphatic rings. The van der Waals surface area contributed by atoms with Crippen LogP contribution in [0.5, 0.6) is 5.75 Å². The van der Waals surface area contributed by atoms with Crippen LogP contribution in [-0.4, -0.2) is 47.1 Å². The first kappa shape index (κ1) is 18.6. The van der Waals surface area contributed by atoms with E-state index in [4.69, 9.17) is 4.74 Å². The molecule has 1 atom stereocenters. The maximum atomic E-state index is 12.5. The number of aromatic nitrogens is 2. The first-order valence-electron chi connectivity index (χ1n) is 8.60. The van der Waals surface area contributed by atoms with Crippen LogP contribution in [0.3, 0.4) is 0 Å². The van der Waals surface area contributed by atoms with Crippen LogP contribution < -0.4 is 10.1 Å². The maximum Gasteiger partial charge on any atom is 0.407 e. The molecule has 0 saturated carbocycles. The predicted molar refractivity (Wildman–Crippen MR) is 97.1 cm³/mol. The Morgan fingerprint density at radius 1 is 1.22 bits per heavy atom. The van der Waals surface area contributed by atoms with Gasteiger partial charge in [-0.3, -0.25) is 4.79 Å². The van der Waals surface area contributed by atoms with Gasteiger partial charge in [-0.05, 0) is 24.6 Å². The van der Waals surface area contributed by atoms with Crippen molar-refractivity contribution in [2.24, 2.45) is 0 Å². The minimum Gasteiger partial charge on any atom is -0.497 e. The summed E-state index contributed by atoms with van der Waals surface area (Å²) in [7, 11) is 2.89. The number of nitrogens with zero attached hydrogens (tertiary/aromatic N) is 3. The summed E-state index contributed by atoms with van der Waals surface area (Å²) in [5.41, 5.74) is 2.84. The van der Waals surface area contributed by atoms with Crippen LogP contribution in [-0.2, 0) is 29.0 Å². The molecular weight excluding hydrogens is 348 g/mol. The summed E-state index contributed by atoms with van der Waals surface area (Å²) in [4.78, 5) is 34.5. The third-order valence-electron chi connectivity index (χ3n) is 4.43. The number of nitrogens with one attached hydrogen (secondary N) is 1. The topological polar surface area (TPSA) is 93.7 Å². The second-order valence-electron chi connectivity index (χ2n) is 6.33. The van der Waals surface area contributed by atoms with Crippen molar-refractivity contribution in [2.45, 2.75) is 32.5 Å². The van der Waals surface area contributed by atoms with Gasteiger partial charge in [-0.2, -0.15) is 0 Å². The van der Waals surface area contributed by atoms with E-state index in [1.54, 1.807) is 25.1 Å². The largest absolute Gasteiger partial charge is 0.497 e. The zero-order valence-corrected chi connectivity index (χ0v) is 15.6. The fraction of sp³-hybridized carbons (Fsp3) is 0.368. The quantitative estimate of drug-likeness (QED) is 0.860. The molecule has 8 nitrogen and oxygen atoms in total. The highest BCUT2D eigenvalue weighted by Crippen LogP contribution is 2.22. The van der Waals surface area contributed by atoms with Gasteiger partial charge in [-0.15, -0.1) is 0 Å². The van der Waals surface area contributed by atoms with Gasteiger partial charge in [0.25, 0.3) is 0 Å². The molecule has 27 heavy (non-hydrogen) atoms. The van der Waals surface area contributed by atoms with Crippen LogP contribution in [0.15, 0.2) is 30.5 Å². The molecule has 0 bridgehead atoms. The Hall–Kier alpha value is -3.16. The zero-order valence-electron chi connectivity index (χ0n) is 15.6. The summed E-state index contributed by atoms with van der Waals surface area (Å²) in [5.74, 6) is 1.32. The van der Waals surface area contributed by atoms with Crippen molar-refractivity contribution in [1.29, 1.82) is 0 Å². The van der Waals surface area contributed by atoms with Gasteiger partial charge in [-0.1, -0.05) is 12.1 Å². The van der Waals surface area contributed by atoms with E-state index in [-0.39, 0.29) is 5.91 Å². The number of benzene rings is 1. The van der Waals surface area contributed by atoms with Crippen LogP contribution in [0.4, 0.5) is 4.79 Å². The summed E-state index contributed by atoms with van der Waals surface area (Å²) in [6.45, 7) is 2.46. The molecule has 1 N–H and O–H groups in total. The highest BCUT2D eigenvalue weighted by Gasteiger charge is 2.29. The van der Waals surface area contributed by atoms with Crippen molar-refractivity contribution >= 4 is 12.0 Å². The molecule has 0 spiro atoms. The Morgan fingerprint density at radius 3 is 2.63 bits per heavy atom. The maximum absolute atomic E-state index is 12.5. The minimum atomic E-state index is -0.668. The number of hydrogen-bond donors (Lipinski definition) is 1. The van der Waals surface area contributed by atoms with Crippen LogP contribution in [0.2, 0.25) is 0 Å². The Morgan fingerprint density at radius 2 is 1.96 bits per heavy atom. The summed E-state index contributed by atoms with van der Waals surface area (Å²) in [6.07, 6.45) is 1.74. The predicted octanol–water partition coefficient (Wildman–Crippen LogP) is 1.66. The number of alkyl carbamates (subject to hydrolysis) is 1. The van der Waals surface area contributed by atoms with Gasteiger partial charge < -0.3 is 19.7 Å². The van der Waals surface area contributed by atoms with Gasteiger partial charge in [0, 0.05) is 24.7 Å². The normalized spacial score (nSPS) is 13.7. The van der Waals surface area contributed by atoms with Crippen LogP contribution in [0, 0.1) is 0 Å². The number of carbonyl (C=O) groups is 2. The molecular formula is C19H22N4O4. The number of carbonyl (C=O) groups excluding carboxylic acids is 2. The number of methoxy groups -OCH3 is 2. The number of fused-ring (bicyclic) bond motifs is 1. The lowest BCUT2D eigenvalue weighted by atomic mass is 10.1. The van der Waals surface area contributed by atoms with E-state index < -0.39 is 12.1 Å². The SMILES string of the molecule is COC(=O)N[C@@H](C)C(=O)N1Cc2cnc(Cc3ccc(OC)cc3)nc2C1. The van der Waals surface area contributed by atoms with E-state index in [9.17, 15) is 9.59 Å². The molecule has 0 aliphatic carbocycles. The highest BCUT2D eigenvalue weighted by molar-refractivity contribution is 5.85. The van der Waals surface area contributed by atoms with Crippen LogP contribution in [0.25, 0.3) is 0 Å². The number of amides is 2. The average Bonchev–Trinajstić information content (AvgIpc) is 3.11. The monoisotopic (exact) mass is 370 g/mol. The van der Waals surface area contributed by atoms with Crippen molar-refractivity contribution in [2.75, 3.05) is 14.2 Å². The second-order valence-corrected chi connectivity index (χ2v) is 6.33. The average molecular weight is 370 g/mol. The fourth-order valence-corrected chi connectivity index (χ4v) is 2.93. The Kier molecular flexibility index (Phi) is 5.54.